The van der Waals surface area contributed by atoms with E-state index in [0.717, 1.165) is 0 Å². The lowest BCUT2D eigenvalue weighted by Crippen LogP contribution is -2.00. The number of carboxylic acids is 1. The zero-order chi connectivity index (χ0) is 11.5. The molecule has 2 rings (SSSR count). The van der Waals surface area contributed by atoms with Gasteiger partial charge in [-0.1, -0.05) is 6.07 Å². The second-order valence-corrected chi connectivity index (χ2v) is 3.21. The van der Waals surface area contributed by atoms with Crippen molar-refractivity contribution in [3.63, 3.8) is 0 Å². The highest BCUT2D eigenvalue weighted by atomic mass is 16.4. The molecule has 4 nitrogen and oxygen atoms in total. The van der Waals surface area contributed by atoms with Crippen LogP contribution in [0.1, 0.15) is 20.7 Å². The molecule has 0 saturated heterocycles. The molecule has 0 aliphatic rings. The van der Waals surface area contributed by atoms with Gasteiger partial charge in [-0.3, -0.25) is 4.79 Å². The summed E-state index contributed by atoms with van der Waals surface area (Å²) in [5.74, 6) is -0.620. The van der Waals surface area contributed by atoms with Crippen LogP contribution in [0.15, 0.2) is 41.0 Å². The van der Waals surface area contributed by atoms with Crippen molar-refractivity contribution in [2.75, 3.05) is 0 Å². The van der Waals surface area contributed by atoms with Gasteiger partial charge in [0.15, 0.2) is 0 Å². The van der Waals surface area contributed by atoms with E-state index in [0.29, 0.717) is 23.2 Å². The van der Waals surface area contributed by atoms with Crippen molar-refractivity contribution >= 4 is 12.3 Å². The Labute approximate surface area is 91.1 Å². The van der Waals surface area contributed by atoms with Crippen molar-refractivity contribution in [2.45, 2.75) is 0 Å². The van der Waals surface area contributed by atoms with Gasteiger partial charge in [0.2, 0.25) is 0 Å². The van der Waals surface area contributed by atoms with E-state index in [4.69, 9.17) is 9.52 Å². The number of furan rings is 1. The minimum absolute atomic E-state index is 0.0551. The van der Waals surface area contributed by atoms with E-state index in [1.165, 1.54) is 12.3 Å². The lowest BCUT2D eigenvalue weighted by molar-refractivity contribution is 0.0697. The number of hydrogen-bond donors (Lipinski definition) is 1. The molecule has 0 aliphatic heterocycles. The lowest BCUT2D eigenvalue weighted by Gasteiger charge is -2.03. The molecule has 0 unspecified atom stereocenters. The van der Waals surface area contributed by atoms with Gasteiger partial charge in [-0.15, -0.1) is 0 Å². The van der Waals surface area contributed by atoms with Crippen LogP contribution < -0.4 is 0 Å². The summed E-state index contributed by atoms with van der Waals surface area (Å²) >= 11 is 0. The monoisotopic (exact) mass is 216 g/mol. The van der Waals surface area contributed by atoms with Crippen LogP contribution >= 0.6 is 0 Å². The number of rotatable bonds is 3. The van der Waals surface area contributed by atoms with Gasteiger partial charge in [-0.2, -0.15) is 0 Å². The zero-order valence-electron chi connectivity index (χ0n) is 8.21. The normalized spacial score (nSPS) is 10.0. The van der Waals surface area contributed by atoms with Gasteiger partial charge in [0, 0.05) is 11.1 Å². The van der Waals surface area contributed by atoms with Crippen LogP contribution in [0.3, 0.4) is 0 Å². The minimum Gasteiger partial charge on any atom is -0.478 e. The molecule has 0 radical (unpaired) electrons. The molecule has 2 aromatic rings. The van der Waals surface area contributed by atoms with Crippen LogP contribution in [0, 0.1) is 0 Å². The number of aldehydes is 1. The molecule has 0 amide bonds. The van der Waals surface area contributed by atoms with Crippen molar-refractivity contribution in [2.24, 2.45) is 0 Å². The number of benzene rings is 1. The Kier molecular flexibility index (Phi) is 2.55. The topological polar surface area (TPSA) is 67.5 Å². The summed E-state index contributed by atoms with van der Waals surface area (Å²) < 4.78 is 5.13. The van der Waals surface area contributed by atoms with Gasteiger partial charge in [0.05, 0.1) is 11.8 Å². The second-order valence-electron chi connectivity index (χ2n) is 3.21. The highest BCUT2D eigenvalue weighted by Crippen LogP contribution is 2.24. The molecule has 0 bridgehead atoms. The fourth-order valence-corrected chi connectivity index (χ4v) is 1.46. The maximum absolute atomic E-state index is 11.0. The number of aromatic carboxylic acids is 1. The first-order valence-corrected chi connectivity index (χ1v) is 4.59. The van der Waals surface area contributed by atoms with Gasteiger partial charge in [0.1, 0.15) is 12.0 Å². The van der Waals surface area contributed by atoms with Crippen LogP contribution in [-0.4, -0.2) is 17.4 Å². The van der Waals surface area contributed by atoms with E-state index in [1.54, 1.807) is 24.3 Å². The van der Waals surface area contributed by atoms with E-state index >= 15 is 0 Å². The SMILES string of the molecule is O=Cc1ccc(-c2ccco2)c(C(=O)O)c1. The average molecular weight is 216 g/mol. The summed E-state index contributed by atoms with van der Waals surface area (Å²) in [5, 5.41) is 9.03. The molecule has 80 valence electrons. The number of carbonyl (C=O) groups excluding carboxylic acids is 1. The minimum atomic E-state index is -1.09. The Morgan fingerprint density at radius 1 is 1.31 bits per heavy atom. The molecular formula is C12H8O4. The summed E-state index contributed by atoms with van der Waals surface area (Å²) in [7, 11) is 0. The largest absolute Gasteiger partial charge is 0.478 e. The number of carboxylic acid groups (broad SMARTS) is 1. The fraction of sp³-hybridized carbons (Fsp3) is 0. The summed E-state index contributed by atoms with van der Waals surface area (Å²) in [6.45, 7) is 0. The summed E-state index contributed by atoms with van der Waals surface area (Å²) in [4.78, 5) is 21.6. The Hall–Kier alpha value is -2.36. The van der Waals surface area contributed by atoms with Crippen molar-refractivity contribution in [3.05, 3.63) is 47.7 Å². The zero-order valence-corrected chi connectivity index (χ0v) is 8.21. The number of hydrogen-bond acceptors (Lipinski definition) is 3. The number of carbonyl (C=O) groups is 2. The second kappa shape index (κ2) is 4.02. The first-order valence-electron chi connectivity index (χ1n) is 4.59. The molecule has 1 aromatic carbocycles. The third kappa shape index (κ3) is 1.72. The lowest BCUT2D eigenvalue weighted by atomic mass is 10.0. The van der Waals surface area contributed by atoms with E-state index < -0.39 is 5.97 Å². The quantitative estimate of drug-likeness (QED) is 0.800. The predicted octanol–water partition coefficient (Wildman–Crippen LogP) is 2.46. The molecule has 0 atom stereocenters. The van der Waals surface area contributed by atoms with Crippen LogP contribution in [0.25, 0.3) is 11.3 Å². The van der Waals surface area contributed by atoms with Gasteiger partial charge in [-0.05, 0) is 24.3 Å². The highest BCUT2D eigenvalue weighted by Gasteiger charge is 2.14. The van der Waals surface area contributed by atoms with Crippen molar-refractivity contribution in [1.29, 1.82) is 0 Å². The first-order chi connectivity index (χ1) is 7.72. The van der Waals surface area contributed by atoms with Gasteiger partial charge >= 0.3 is 5.97 Å². The summed E-state index contributed by atoms with van der Waals surface area (Å²) in [6, 6.07) is 7.79. The molecule has 0 fully saturated rings. The maximum Gasteiger partial charge on any atom is 0.336 e. The summed E-state index contributed by atoms with van der Waals surface area (Å²) in [6.07, 6.45) is 2.08. The van der Waals surface area contributed by atoms with Crippen LogP contribution in [-0.2, 0) is 0 Å². The molecule has 0 saturated carbocycles. The Morgan fingerprint density at radius 3 is 2.69 bits per heavy atom. The van der Waals surface area contributed by atoms with Crippen LogP contribution in [0.5, 0.6) is 0 Å². The molecule has 0 aliphatic carbocycles. The third-order valence-corrected chi connectivity index (χ3v) is 2.20. The van der Waals surface area contributed by atoms with Gasteiger partial charge in [-0.25, -0.2) is 4.79 Å². The smallest absolute Gasteiger partial charge is 0.336 e. The highest BCUT2D eigenvalue weighted by molar-refractivity contribution is 5.97. The molecular weight excluding hydrogens is 208 g/mol. The average Bonchev–Trinajstić information content (AvgIpc) is 2.81. The molecule has 0 spiro atoms. The van der Waals surface area contributed by atoms with Gasteiger partial charge in [0.25, 0.3) is 0 Å². The van der Waals surface area contributed by atoms with Crippen LogP contribution in [0.2, 0.25) is 0 Å². The molecule has 16 heavy (non-hydrogen) atoms. The van der Waals surface area contributed by atoms with Crippen molar-refractivity contribution < 1.29 is 19.1 Å². The van der Waals surface area contributed by atoms with E-state index in [9.17, 15) is 9.59 Å². The van der Waals surface area contributed by atoms with E-state index in [1.807, 2.05) is 0 Å². The molecule has 4 heteroatoms. The molecule has 1 aromatic heterocycles. The van der Waals surface area contributed by atoms with Gasteiger partial charge < -0.3 is 9.52 Å². The van der Waals surface area contributed by atoms with Crippen LogP contribution in [0.4, 0.5) is 0 Å². The Morgan fingerprint density at radius 2 is 2.12 bits per heavy atom. The fourth-order valence-electron chi connectivity index (χ4n) is 1.46. The van der Waals surface area contributed by atoms with Crippen molar-refractivity contribution in [1.82, 2.24) is 0 Å². The Bertz CT molecular complexity index is 526. The summed E-state index contributed by atoms with van der Waals surface area (Å²) in [5.41, 5.74) is 0.843. The van der Waals surface area contributed by atoms with E-state index in [2.05, 4.69) is 0 Å². The third-order valence-electron chi connectivity index (χ3n) is 2.20. The first kappa shape index (κ1) is 10.2. The predicted molar refractivity (Wildman–Crippen MR) is 56.5 cm³/mol. The molecule has 1 heterocycles. The van der Waals surface area contributed by atoms with E-state index in [-0.39, 0.29) is 5.56 Å². The Balaban J connectivity index is 2.61. The molecule has 1 N–H and O–H groups in total. The maximum atomic E-state index is 11.0. The van der Waals surface area contributed by atoms with Crippen molar-refractivity contribution in [3.8, 4) is 11.3 Å². The standard InChI is InChI=1S/C12H8O4/c13-7-8-3-4-9(10(6-8)12(14)15)11-2-1-5-16-11/h1-7H,(H,14,15).